The van der Waals surface area contributed by atoms with Gasteiger partial charge in [-0.1, -0.05) is 6.92 Å². The maximum absolute atomic E-state index is 5.90. The van der Waals surface area contributed by atoms with E-state index in [4.69, 9.17) is 5.73 Å². The molecular formula is C8H17NS. The summed E-state index contributed by atoms with van der Waals surface area (Å²) in [5.74, 6) is 3.34. The van der Waals surface area contributed by atoms with E-state index in [0.29, 0.717) is 6.04 Å². The van der Waals surface area contributed by atoms with Crippen molar-refractivity contribution in [2.24, 2.45) is 11.7 Å². The second-order valence-electron chi connectivity index (χ2n) is 3.08. The van der Waals surface area contributed by atoms with Crippen LogP contribution in [0.4, 0.5) is 0 Å². The summed E-state index contributed by atoms with van der Waals surface area (Å²) < 4.78 is 0. The van der Waals surface area contributed by atoms with Crippen LogP contribution in [0.15, 0.2) is 0 Å². The van der Waals surface area contributed by atoms with Crippen molar-refractivity contribution in [1.82, 2.24) is 0 Å². The van der Waals surface area contributed by atoms with E-state index in [1.807, 2.05) is 11.8 Å². The fraction of sp³-hybridized carbons (Fsp3) is 1.00. The summed E-state index contributed by atoms with van der Waals surface area (Å²) in [6.07, 6.45) is 4.05. The lowest BCUT2D eigenvalue weighted by Crippen LogP contribution is -2.25. The number of hydrogen-bond donors (Lipinski definition) is 1. The van der Waals surface area contributed by atoms with Crippen LogP contribution in [0.3, 0.4) is 0 Å². The quantitative estimate of drug-likeness (QED) is 0.620. The maximum atomic E-state index is 5.90. The molecule has 0 saturated heterocycles. The van der Waals surface area contributed by atoms with Gasteiger partial charge in [0.2, 0.25) is 0 Å². The van der Waals surface area contributed by atoms with Crippen LogP contribution in [0.2, 0.25) is 0 Å². The van der Waals surface area contributed by atoms with Crippen molar-refractivity contribution in [3.05, 3.63) is 0 Å². The van der Waals surface area contributed by atoms with E-state index in [1.54, 1.807) is 0 Å². The van der Waals surface area contributed by atoms with E-state index in [9.17, 15) is 0 Å². The monoisotopic (exact) mass is 159 g/mol. The van der Waals surface area contributed by atoms with Gasteiger partial charge in [0.05, 0.1) is 0 Å². The molecule has 0 aromatic heterocycles. The number of rotatable bonds is 5. The zero-order chi connectivity index (χ0) is 7.40. The molecule has 0 amide bonds. The zero-order valence-electron chi connectivity index (χ0n) is 6.68. The highest BCUT2D eigenvalue weighted by atomic mass is 32.2. The van der Waals surface area contributed by atoms with Gasteiger partial charge in [0, 0.05) is 11.8 Å². The molecule has 0 aliphatic heterocycles. The fourth-order valence-corrected chi connectivity index (χ4v) is 2.02. The van der Waals surface area contributed by atoms with Gasteiger partial charge in [-0.15, -0.1) is 0 Å². The van der Waals surface area contributed by atoms with E-state index in [2.05, 4.69) is 6.92 Å². The Morgan fingerprint density at radius 1 is 1.60 bits per heavy atom. The van der Waals surface area contributed by atoms with Crippen LogP contribution in [0, 0.1) is 5.92 Å². The number of thioether (sulfide) groups is 1. The number of nitrogens with two attached hydrogens (primary N) is 1. The van der Waals surface area contributed by atoms with Gasteiger partial charge in [-0.05, 0) is 30.9 Å². The fourth-order valence-electron chi connectivity index (χ4n) is 1.02. The van der Waals surface area contributed by atoms with Crippen molar-refractivity contribution in [2.75, 3.05) is 11.5 Å². The molecule has 0 spiro atoms. The Hall–Kier alpha value is 0.310. The summed E-state index contributed by atoms with van der Waals surface area (Å²) in [5, 5.41) is 0. The molecule has 1 saturated carbocycles. The smallest absolute Gasteiger partial charge is 0.0158 e. The maximum Gasteiger partial charge on any atom is 0.0158 e. The summed E-state index contributed by atoms with van der Waals surface area (Å²) in [5.41, 5.74) is 5.90. The first-order valence-corrected chi connectivity index (χ1v) is 5.33. The Morgan fingerprint density at radius 2 is 2.30 bits per heavy atom. The molecule has 1 aliphatic rings. The minimum Gasteiger partial charge on any atom is -0.327 e. The molecule has 0 bridgehead atoms. The summed E-state index contributed by atoms with van der Waals surface area (Å²) in [6.45, 7) is 2.22. The summed E-state index contributed by atoms with van der Waals surface area (Å²) in [4.78, 5) is 0. The van der Waals surface area contributed by atoms with E-state index in [0.717, 1.165) is 5.92 Å². The van der Waals surface area contributed by atoms with Gasteiger partial charge in [-0.25, -0.2) is 0 Å². The molecule has 60 valence electrons. The van der Waals surface area contributed by atoms with E-state index in [1.165, 1.54) is 30.8 Å². The minimum atomic E-state index is 0.497. The zero-order valence-corrected chi connectivity index (χ0v) is 7.49. The third kappa shape index (κ3) is 2.93. The summed E-state index contributed by atoms with van der Waals surface area (Å²) in [6, 6.07) is 0.497. The van der Waals surface area contributed by atoms with Gasteiger partial charge in [-0.2, -0.15) is 11.8 Å². The molecule has 1 fully saturated rings. The summed E-state index contributed by atoms with van der Waals surface area (Å²) >= 11 is 2.00. The second kappa shape index (κ2) is 4.24. The summed E-state index contributed by atoms with van der Waals surface area (Å²) in [7, 11) is 0. The third-order valence-corrected chi connectivity index (χ3v) is 3.20. The van der Waals surface area contributed by atoms with Gasteiger partial charge in [0.15, 0.2) is 0 Å². The second-order valence-corrected chi connectivity index (χ2v) is 4.23. The van der Waals surface area contributed by atoms with Crippen LogP contribution >= 0.6 is 11.8 Å². The average molecular weight is 159 g/mol. The molecule has 0 radical (unpaired) electrons. The van der Waals surface area contributed by atoms with E-state index in [-0.39, 0.29) is 0 Å². The van der Waals surface area contributed by atoms with Crippen molar-refractivity contribution < 1.29 is 0 Å². The van der Waals surface area contributed by atoms with Gasteiger partial charge in [-0.3, -0.25) is 0 Å². The molecule has 1 unspecified atom stereocenters. The van der Waals surface area contributed by atoms with Gasteiger partial charge < -0.3 is 5.73 Å². The Kier molecular flexibility index (Phi) is 3.57. The Labute approximate surface area is 67.8 Å². The molecule has 1 aliphatic carbocycles. The van der Waals surface area contributed by atoms with Crippen LogP contribution in [-0.2, 0) is 0 Å². The first-order chi connectivity index (χ1) is 4.84. The van der Waals surface area contributed by atoms with Crippen LogP contribution in [-0.4, -0.2) is 17.5 Å². The molecule has 10 heavy (non-hydrogen) atoms. The lowest BCUT2D eigenvalue weighted by atomic mass is 10.2. The molecule has 0 heterocycles. The standard InChI is InChI=1S/C8H17NS/c1-2-5-10-6-8(9)7-3-4-7/h7-8H,2-6,9H2,1H3. The first kappa shape index (κ1) is 8.41. The van der Waals surface area contributed by atoms with Gasteiger partial charge >= 0.3 is 0 Å². The highest BCUT2D eigenvalue weighted by Gasteiger charge is 2.27. The molecule has 0 aromatic rings. The highest BCUT2D eigenvalue weighted by molar-refractivity contribution is 7.99. The molecule has 2 N–H and O–H groups in total. The minimum absolute atomic E-state index is 0.497. The van der Waals surface area contributed by atoms with E-state index >= 15 is 0 Å². The van der Waals surface area contributed by atoms with Crippen molar-refractivity contribution >= 4 is 11.8 Å². The van der Waals surface area contributed by atoms with E-state index < -0.39 is 0 Å². The third-order valence-electron chi connectivity index (χ3n) is 1.89. The lowest BCUT2D eigenvalue weighted by molar-refractivity contribution is 0.659. The van der Waals surface area contributed by atoms with Crippen LogP contribution in [0.25, 0.3) is 0 Å². The average Bonchev–Trinajstić information content (AvgIpc) is 2.69. The predicted molar refractivity (Wildman–Crippen MR) is 48.3 cm³/mol. The molecular weight excluding hydrogens is 142 g/mol. The highest BCUT2D eigenvalue weighted by Crippen LogP contribution is 2.32. The molecule has 1 nitrogen and oxygen atoms in total. The molecule has 1 rings (SSSR count). The molecule has 1 atom stereocenters. The Bertz CT molecular complexity index is 91.3. The van der Waals surface area contributed by atoms with Crippen molar-refractivity contribution in [1.29, 1.82) is 0 Å². The van der Waals surface area contributed by atoms with Crippen LogP contribution < -0.4 is 5.73 Å². The number of hydrogen-bond acceptors (Lipinski definition) is 2. The Morgan fingerprint density at radius 3 is 2.80 bits per heavy atom. The lowest BCUT2D eigenvalue weighted by Gasteiger charge is -2.07. The SMILES string of the molecule is CCCSCC(N)C1CC1. The van der Waals surface area contributed by atoms with Crippen molar-refractivity contribution in [3.8, 4) is 0 Å². The topological polar surface area (TPSA) is 26.0 Å². The molecule has 2 heteroatoms. The van der Waals surface area contributed by atoms with Gasteiger partial charge in [0.25, 0.3) is 0 Å². The van der Waals surface area contributed by atoms with Crippen LogP contribution in [0.5, 0.6) is 0 Å². The van der Waals surface area contributed by atoms with Crippen molar-refractivity contribution in [2.45, 2.75) is 32.2 Å². The molecule has 0 aromatic carbocycles. The van der Waals surface area contributed by atoms with Crippen molar-refractivity contribution in [3.63, 3.8) is 0 Å². The van der Waals surface area contributed by atoms with Crippen LogP contribution in [0.1, 0.15) is 26.2 Å². The Balaban J connectivity index is 1.90. The first-order valence-electron chi connectivity index (χ1n) is 4.18. The van der Waals surface area contributed by atoms with Gasteiger partial charge in [0.1, 0.15) is 0 Å². The largest absolute Gasteiger partial charge is 0.327 e. The predicted octanol–water partition coefficient (Wildman–Crippen LogP) is 1.87. The normalized spacial score (nSPS) is 21.0.